The summed E-state index contributed by atoms with van der Waals surface area (Å²) in [4.78, 5) is 14.0. The number of rotatable bonds is 6. The van der Waals surface area contributed by atoms with Crippen molar-refractivity contribution in [2.45, 2.75) is 57.9 Å². The van der Waals surface area contributed by atoms with Crippen LogP contribution in [0.1, 0.15) is 51.9 Å². The summed E-state index contributed by atoms with van der Waals surface area (Å²) in [6.07, 6.45) is 8.29. The van der Waals surface area contributed by atoms with Crippen LogP contribution in [0.2, 0.25) is 0 Å². The summed E-state index contributed by atoms with van der Waals surface area (Å²) >= 11 is 0. The van der Waals surface area contributed by atoms with Gasteiger partial charge in [0.25, 0.3) is 0 Å². The van der Waals surface area contributed by atoms with Crippen LogP contribution in [-0.4, -0.2) is 36.5 Å². The van der Waals surface area contributed by atoms with Crippen LogP contribution in [0.5, 0.6) is 0 Å². The van der Waals surface area contributed by atoms with Gasteiger partial charge in [0.15, 0.2) is 0 Å². The van der Waals surface area contributed by atoms with Crippen LogP contribution in [0.3, 0.4) is 0 Å². The summed E-state index contributed by atoms with van der Waals surface area (Å²) in [5, 5.41) is 3.49. The second-order valence-electron chi connectivity index (χ2n) is 5.59. The fraction of sp³-hybridized carbons (Fsp3) is 0.929. The van der Waals surface area contributed by atoms with Crippen LogP contribution in [0.4, 0.5) is 0 Å². The Morgan fingerprint density at radius 1 is 1.29 bits per heavy atom. The fourth-order valence-corrected chi connectivity index (χ4v) is 2.72. The Bertz CT molecular complexity index is 251. The van der Waals surface area contributed by atoms with Gasteiger partial charge in [-0.1, -0.05) is 19.8 Å². The number of amides is 1. The Labute approximate surface area is 105 Å². The average Bonchev–Trinajstić information content (AvgIpc) is 3.13. The summed E-state index contributed by atoms with van der Waals surface area (Å²) in [5.74, 6) is 1.16. The number of hydrogen-bond donors (Lipinski definition) is 1. The summed E-state index contributed by atoms with van der Waals surface area (Å²) in [6.45, 7) is 5.11. The molecule has 2 aliphatic rings. The van der Waals surface area contributed by atoms with Gasteiger partial charge in [0.1, 0.15) is 0 Å². The molecule has 3 nitrogen and oxygen atoms in total. The minimum absolute atomic E-state index is 0.376. The van der Waals surface area contributed by atoms with Crippen molar-refractivity contribution < 1.29 is 4.79 Å². The molecule has 1 N–H and O–H groups in total. The monoisotopic (exact) mass is 238 g/mol. The van der Waals surface area contributed by atoms with Crippen molar-refractivity contribution in [3.05, 3.63) is 0 Å². The van der Waals surface area contributed by atoms with Gasteiger partial charge in [-0.2, -0.15) is 0 Å². The Hall–Kier alpha value is -0.570. The van der Waals surface area contributed by atoms with Crippen LogP contribution < -0.4 is 5.32 Å². The van der Waals surface area contributed by atoms with Crippen molar-refractivity contribution in [1.82, 2.24) is 10.2 Å². The first-order valence-corrected chi connectivity index (χ1v) is 7.30. The van der Waals surface area contributed by atoms with Gasteiger partial charge in [0.2, 0.25) is 5.91 Å². The molecule has 1 unspecified atom stereocenters. The van der Waals surface area contributed by atoms with E-state index < -0.39 is 0 Å². The number of nitrogens with zero attached hydrogens (tertiary/aromatic N) is 1. The minimum Gasteiger partial charge on any atom is -0.341 e. The molecule has 1 aliphatic heterocycles. The number of nitrogens with one attached hydrogen (secondary N) is 1. The van der Waals surface area contributed by atoms with Crippen LogP contribution in [0.15, 0.2) is 0 Å². The largest absolute Gasteiger partial charge is 0.341 e. The number of carbonyl (C=O) groups excluding carboxylic acids is 1. The zero-order chi connectivity index (χ0) is 12.1. The molecule has 0 aromatic heterocycles. The Morgan fingerprint density at radius 3 is 2.82 bits per heavy atom. The SMILES string of the molecule is CCCC1CCC(=O)N(CCNC2CC2)CC1. The summed E-state index contributed by atoms with van der Waals surface area (Å²) < 4.78 is 0. The molecule has 1 atom stereocenters. The molecule has 1 aliphatic carbocycles. The van der Waals surface area contributed by atoms with Crippen molar-refractivity contribution in [2.75, 3.05) is 19.6 Å². The fourth-order valence-electron chi connectivity index (χ4n) is 2.72. The molecule has 0 radical (unpaired) electrons. The molecule has 0 bridgehead atoms. The van der Waals surface area contributed by atoms with E-state index in [1.54, 1.807) is 0 Å². The lowest BCUT2D eigenvalue weighted by molar-refractivity contribution is -0.130. The predicted octanol–water partition coefficient (Wildman–Crippen LogP) is 2.17. The molecule has 17 heavy (non-hydrogen) atoms. The van der Waals surface area contributed by atoms with E-state index in [-0.39, 0.29) is 0 Å². The molecule has 1 saturated carbocycles. The van der Waals surface area contributed by atoms with Gasteiger partial charge in [-0.15, -0.1) is 0 Å². The van der Waals surface area contributed by atoms with Gasteiger partial charge in [0.05, 0.1) is 0 Å². The zero-order valence-electron chi connectivity index (χ0n) is 11.1. The molecule has 0 aromatic rings. The average molecular weight is 238 g/mol. The number of carbonyl (C=O) groups is 1. The maximum absolute atomic E-state index is 12.0. The van der Waals surface area contributed by atoms with E-state index in [2.05, 4.69) is 17.1 Å². The van der Waals surface area contributed by atoms with Gasteiger partial charge in [-0.05, 0) is 31.6 Å². The van der Waals surface area contributed by atoms with Gasteiger partial charge in [-0.25, -0.2) is 0 Å². The summed E-state index contributed by atoms with van der Waals surface area (Å²) in [5.41, 5.74) is 0. The lowest BCUT2D eigenvalue weighted by atomic mass is 9.96. The van der Waals surface area contributed by atoms with Gasteiger partial charge >= 0.3 is 0 Å². The molecular weight excluding hydrogens is 212 g/mol. The molecule has 0 spiro atoms. The first kappa shape index (κ1) is 12.9. The third kappa shape index (κ3) is 4.30. The normalized spacial score (nSPS) is 26.1. The molecule has 1 heterocycles. The molecular formula is C14H26N2O. The zero-order valence-corrected chi connectivity index (χ0v) is 11.1. The highest BCUT2D eigenvalue weighted by Gasteiger charge is 2.23. The molecule has 0 aromatic carbocycles. The molecule has 1 saturated heterocycles. The van der Waals surface area contributed by atoms with Crippen molar-refractivity contribution in [1.29, 1.82) is 0 Å². The van der Waals surface area contributed by atoms with Gasteiger partial charge in [0, 0.05) is 32.1 Å². The van der Waals surface area contributed by atoms with E-state index >= 15 is 0 Å². The van der Waals surface area contributed by atoms with Crippen molar-refractivity contribution >= 4 is 5.91 Å². The topological polar surface area (TPSA) is 32.3 Å². The third-order valence-corrected chi connectivity index (χ3v) is 4.02. The summed E-state index contributed by atoms with van der Waals surface area (Å²) in [7, 11) is 0. The maximum Gasteiger partial charge on any atom is 0.222 e. The second kappa shape index (κ2) is 6.39. The molecule has 2 fully saturated rings. The third-order valence-electron chi connectivity index (χ3n) is 4.02. The number of likely N-dealkylation sites (tertiary alicyclic amines) is 1. The van der Waals surface area contributed by atoms with E-state index in [1.807, 2.05) is 0 Å². The molecule has 98 valence electrons. The Morgan fingerprint density at radius 2 is 2.12 bits per heavy atom. The van der Waals surface area contributed by atoms with E-state index in [0.29, 0.717) is 5.91 Å². The smallest absolute Gasteiger partial charge is 0.222 e. The van der Waals surface area contributed by atoms with E-state index in [4.69, 9.17) is 0 Å². The first-order chi connectivity index (χ1) is 8.29. The highest BCUT2D eigenvalue weighted by atomic mass is 16.2. The molecule has 2 rings (SSSR count). The van der Waals surface area contributed by atoms with E-state index in [9.17, 15) is 4.79 Å². The van der Waals surface area contributed by atoms with Crippen LogP contribution in [0, 0.1) is 5.92 Å². The standard InChI is InChI=1S/C14H26N2O/c1-2-3-12-4-7-14(17)16(10-8-12)11-9-15-13-5-6-13/h12-13,15H,2-11H2,1H3. The van der Waals surface area contributed by atoms with Crippen LogP contribution in [-0.2, 0) is 4.79 Å². The minimum atomic E-state index is 0.376. The number of hydrogen-bond acceptors (Lipinski definition) is 2. The van der Waals surface area contributed by atoms with Crippen molar-refractivity contribution in [3.8, 4) is 0 Å². The predicted molar refractivity (Wildman–Crippen MR) is 69.9 cm³/mol. The van der Waals surface area contributed by atoms with E-state index in [0.717, 1.165) is 44.4 Å². The van der Waals surface area contributed by atoms with E-state index in [1.165, 1.54) is 32.1 Å². The lowest BCUT2D eigenvalue weighted by Crippen LogP contribution is -2.37. The van der Waals surface area contributed by atoms with Crippen molar-refractivity contribution in [2.24, 2.45) is 5.92 Å². The summed E-state index contributed by atoms with van der Waals surface area (Å²) in [6, 6.07) is 0.755. The van der Waals surface area contributed by atoms with Crippen LogP contribution >= 0.6 is 0 Å². The molecule has 1 amide bonds. The Balaban J connectivity index is 1.70. The highest BCUT2D eigenvalue weighted by molar-refractivity contribution is 5.76. The van der Waals surface area contributed by atoms with Gasteiger partial charge in [-0.3, -0.25) is 4.79 Å². The maximum atomic E-state index is 12.0. The quantitative estimate of drug-likeness (QED) is 0.769. The lowest BCUT2D eigenvalue weighted by Gasteiger charge is -2.21. The second-order valence-corrected chi connectivity index (χ2v) is 5.59. The van der Waals surface area contributed by atoms with Crippen LogP contribution in [0.25, 0.3) is 0 Å². The molecule has 3 heteroatoms. The first-order valence-electron chi connectivity index (χ1n) is 7.30. The highest BCUT2D eigenvalue weighted by Crippen LogP contribution is 2.22. The van der Waals surface area contributed by atoms with Crippen molar-refractivity contribution in [3.63, 3.8) is 0 Å². The Kier molecular flexibility index (Phi) is 4.84. The van der Waals surface area contributed by atoms with Gasteiger partial charge < -0.3 is 10.2 Å².